The Kier molecular flexibility index (Phi) is 2.65. The van der Waals surface area contributed by atoms with Gasteiger partial charge < -0.3 is 9.73 Å². The number of benzene rings is 1. The summed E-state index contributed by atoms with van der Waals surface area (Å²) < 4.78 is 5.61. The zero-order chi connectivity index (χ0) is 11.7. The van der Waals surface area contributed by atoms with Crippen molar-refractivity contribution in [1.29, 1.82) is 0 Å². The summed E-state index contributed by atoms with van der Waals surface area (Å²) in [5.74, 6) is 2.42. The number of aromatic nitrogens is 2. The van der Waals surface area contributed by atoms with Gasteiger partial charge in [0.2, 0.25) is 11.8 Å². The fourth-order valence-electron chi connectivity index (χ4n) is 2.18. The van der Waals surface area contributed by atoms with E-state index in [4.69, 9.17) is 4.42 Å². The molecule has 17 heavy (non-hydrogen) atoms. The molecule has 1 fully saturated rings. The van der Waals surface area contributed by atoms with Gasteiger partial charge in [-0.15, -0.1) is 10.2 Å². The summed E-state index contributed by atoms with van der Waals surface area (Å²) in [6, 6.07) is 10.5. The van der Waals surface area contributed by atoms with Gasteiger partial charge in [0.1, 0.15) is 0 Å². The monoisotopic (exact) mass is 229 g/mol. The Bertz CT molecular complexity index is 494. The van der Waals surface area contributed by atoms with Crippen molar-refractivity contribution in [2.24, 2.45) is 0 Å². The molecular weight excluding hydrogens is 214 g/mol. The fraction of sp³-hybridized carbons (Fsp3) is 0.385. The molecule has 0 bridgehead atoms. The van der Waals surface area contributed by atoms with E-state index in [0.29, 0.717) is 24.3 Å². The van der Waals surface area contributed by atoms with Gasteiger partial charge in [-0.3, -0.25) is 0 Å². The molecule has 1 N–H and O–H groups in total. The second-order valence-corrected chi connectivity index (χ2v) is 4.42. The molecule has 4 nitrogen and oxygen atoms in total. The molecule has 4 heteroatoms. The lowest BCUT2D eigenvalue weighted by atomic mass is 10.1. The van der Waals surface area contributed by atoms with Crippen LogP contribution in [-0.4, -0.2) is 17.2 Å². The molecule has 1 aliphatic carbocycles. The maximum absolute atomic E-state index is 5.61. The van der Waals surface area contributed by atoms with E-state index in [1.165, 1.54) is 5.56 Å². The number of nitrogens with zero attached hydrogens (tertiary/aromatic N) is 2. The molecule has 1 aromatic heterocycles. The van der Waals surface area contributed by atoms with Gasteiger partial charge in [-0.25, -0.2) is 0 Å². The van der Waals surface area contributed by atoms with Crippen LogP contribution >= 0.6 is 0 Å². The molecule has 3 rings (SSSR count). The van der Waals surface area contributed by atoms with Crippen molar-refractivity contribution in [2.45, 2.75) is 24.8 Å². The smallest absolute Gasteiger partial charge is 0.230 e. The van der Waals surface area contributed by atoms with Crippen LogP contribution in [-0.2, 0) is 6.54 Å². The first-order valence-corrected chi connectivity index (χ1v) is 5.90. The van der Waals surface area contributed by atoms with Gasteiger partial charge in [0.05, 0.1) is 6.54 Å². The first-order valence-electron chi connectivity index (χ1n) is 5.90. The third kappa shape index (κ3) is 2.08. The maximum atomic E-state index is 5.61. The SMILES string of the molecule is CNCc1nnc(C2CC2c2ccccc2)o1. The summed E-state index contributed by atoms with van der Waals surface area (Å²) in [7, 11) is 1.87. The van der Waals surface area contributed by atoms with E-state index in [1.54, 1.807) is 0 Å². The Labute approximate surface area is 100 Å². The average molecular weight is 229 g/mol. The minimum Gasteiger partial charge on any atom is -0.424 e. The lowest BCUT2D eigenvalue weighted by Gasteiger charge is -1.96. The molecule has 0 spiro atoms. The van der Waals surface area contributed by atoms with E-state index in [1.807, 2.05) is 13.1 Å². The molecule has 0 radical (unpaired) electrons. The lowest BCUT2D eigenvalue weighted by molar-refractivity contribution is 0.439. The van der Waals surface area contributed by atoms with E-state index in [9.17, 15) is 0 Å². The van der Waals surface area contributed by atoms with E-state index in [-0.39, 0.29) is 0 Å². The van der Waals surface area contributed by atoms with Gasteiger partial charge in [0.25, 0.3) is 0 Å². The summed E-state index contributed by atoms with van der Waals surface area (Å²) in [5.41, 5.74) is 1.37. The highest BCUT2D eigenvalue weighted by atomic mass is 16.4. The van der Waals surface area contributed by atoms with Crippen LogP contribution in [0.3, 0.4) is 0 Å². The van der Waals surface area contributed by atoms with Gasteiger partial charge in [-0.05, 0) is 24.9 Å². The number of rotatable bonds is 4. The van der Waals surface area contributed by atoms with Crippen LogP contribution in [0.4, 0.5) is 0 Å². The third-order valence-corrected chi connectivity index (χ3v) is 3.15. The van der Waals surface area contributed by atoms with Gasteiger partial charge in [0, 0.05) is 5.92 Å². The molecule has 1 aliphatic rings. The van der Waals surface area contributed by atoms with Crippen molar-refractivity contribution in [3.63, 3.8) is 0 Å². The minimum atomic E-state index is 0.413. The van der Waals surface area contributed by atoms with Crippen molar-refractivity contribution >= 4 is 0 Å². The molecule has 1 aromatic carbocycles. The predicted molar refractivity (Wildman–Crippen MR) is 63.6 cm³/mol. The second kappa shape index (κ2) is 4.30. The van der Waals surface area contributed by atoms with Crippen LogP contribution in [0.2, 0.25) is 0 Å². The summed E-state index contributed by atoms with van der Waals surface area (Å²) in [4.78, 5) is 0. The molecule has 1 saturated carbocycles. The predicted octanol–water partition coefficient (Wildman–Crippen LogP) is 2.06. The van der Waals surface area contributed by atoms with Crippen LogP contribution in [0.5, 0.6) is 0 Å². The average Bonchev–Trinajstić information content (AvgIpc) is 3.04. The zero-order valence-corrected chi connectivity index (χ0v) is 9.76. The Morgan fingerprint density at radius 3 is 2.82 bits per heavy atom. The highest BCUT2D eigenvalue weighted by Crippen LogP contribution is 2.53. The van der Waals surface area contributed by atoms with Gasteiger partial charge in [-0.2, -0.15) is 0 Å². The first kappa shape index (κ1) is 10.5. The van der Waals surface area contributed by atoms with Crippen molar-refractivity contribution < 1.29 is 4.42 Å². The quantitative estimate of drug-likeness (QED) is 0.871. The highest BCUT2D eigenvalue weighted by molar-refractivity contribution is 5.30. The molecule has 2 atom stereocenters. The minimum absolute atomic E-state index is 0.413. The Morgan fingerprint density at radius 1 is 1.24 bits per heavy atom. The standard InChI is InChI=1S/C13H15N3O/c1-14-8-12-15-16-13(17-12)11-7-10(11)9-5-3-2-4-6-9/h2-6,10-11,14H,7-8H2,1H3. The van der Waals surface area contributed by atoms with E-state index in [2.05, 4.69) is 39.8 Å². The van der Waals surface area contributed by atoms with E-state index in [0.717, 1.165) is 12.3 Å². The van der Waals surface area contributed by atoms with Crippen LogP contribution in [0.15, 0.2) is 34.7 Å². The molecule has 0 aliphatic heterocycles. The Hall–Kier alpha value is -1.68. The fourth-order valence-corrected chi connectivity index (χ4v) is 2.18. The third-order valence-electron chi connectivity index (χ3n) is 3.15. The van der Waals surface area contributed by atoms with Crippen molar-refractivity contribution in [3.8, 4) is 0 Å². The van der Waals surface area contributed by atoms with E-state index >= 15 is 0 Å². The number of nitrogens with one attached hydrogen (secondary N) is 1. The lowest BCUT2D eigenvalue weighted by Crippen LogP contribution is -2.04. The summed E-state index contributed by atoms with van der Waals surface area (Å²) in [6.07, 6.45) is 1.12. The van der Waals surface area contributed by atoms with Crippen molar-refractivity contribution in [3.05, 3.63) is 47.7 Å². The highest BCUT2D eigenvalue weighted by Gasteiger charge is 2.43. The summed E-state index contributed by atoms with van der Waals surface area (Å²) in [6.45, 7) is 0.635. The summed E-state index contributed by atoms with van der Waals surface area (Å²) in [5, 5.41) is 11.1. The molecule has 0 saturated heterocycles. The van der Waals surface area contributed by atoms with Crippen LogP contribution in [0.25, 0.3) is 0 Å². The summed E-state index contributed by atoms with van der Waals surface area (Å²) >= 11 is 0. The maximum Gasteiger partial charge on any atom is 0.230 e. The van der Waals surface area contributed by atoms with Crippen LogP contribution < -0.4 is 5.32 Å². The molecule has 88 valence electrons. The molecule has 1 heterocycles. The van der Waals surface area contributed by atoms with Gasteiger partial charge in [-0.1, -0.05) is 30.3 Å². The van der Waals surface area contributed by atoms with Crippen molar-refractivity contribution in [2.75, 3.05) is 7.05 Å². The normalized spacial score (nSPS) is 22.6. The zero-order valence-electron chi connectivity index (χ0n) is 9.76. The second-order valence-electron chi connectivity index (χ2n) is 4.42. The number of hydrogen-bond donors (Lipinski definition) is 1. The Balaban J connectivity index is 1.71. The van der Waals surface area contributed by atoms with Gasteiger partial charge >= 0.3 is 0 Å². The van der Waals surface area contributed by atoms with Crippen molar-refractivity contribution in [1.82, 2.24) is 15.5 Å². The van der Waals surface area contributed by atoms with Gasteiger partial charge in [0.15, 0.2) is 0 Å². The molecule has 0 amide bonds. The van der Waals surface area contributed by atoms with Crippen LogP contribution in [0.1, 0.15) is 35.6 Å². The molecule has 2 unspecified atom stereocenters. The van der Waals surface area contributed by atoms with E-state index < -0.39 is 0 Å². The Morgan fingerprint density at radius 2 is 2.06 bits per heavy atom. The first-order chi connectivity index (χ1) is 8.38. The molecule has 2 aromatic rings. The topological polar surface area (TPSA) is 51.0 Å². The molecular formula is C13H15N3O. The van der Waals surface area contributed by atoms with Crippen LogP contribution in [0, 0.1) is 0 Å². The largest absolute Gasteiger partial charge is 0.424 e. The number of hydrogen-bond acceptors (Lipinski definition) is 4.